The highest BCUT2D eigenvalue weighted by molar-refractivity contribution is 7.86. The molecule has 1 rings (SSSR count). The highest BCUT2D eigenvalue weighted by atomic mass is 32.2. The first-order chi connectivity index (χ1) is 7.97. The Hall–Kier alpha value is -0.700. The lowest BCUT2D eigenvalue weighted by Gasteiger charge is -2.04. The van der Waals surface area contributed by atoms with E-state index >= 15 is 0 Å². The Balaban J connectivity index is 1.87. The van der Waals surface area contributed by atoms with Crippen LogP contribution < -0.4 is 5.32 Å². The van der Waals surface area contributed by atoms with E-state index in [4.69, 9.17) is 14.0 Å². The fourth-order valence-corrected chi connectivity index (χ4v) is 1.59. The maximum Gasteiger partial charge on any atom is 0.274 e. The predicted molar refractivity (Wildman–Crippen MR) is 59.2 cm³/mol. The van der Waals surface area contributed by atoms with Crippen molar-refractivity contribution in [2.24, 2.45) is 0 Å². The Morgan fingerprint density at radius 2 is 2.18 bits per heavy atom. The fourth-order valence-electron chi connectivity index (χ4n) is 1.15. The standard InChI is InChI=1S/C9H17NO6S/c11-9(7-17(12,13)14)10-3-1-2-4-15-5-8-6-16-8/h8H,1-7H2,(H,10,11)(H,12,13,14). The first kappa shape index (κ1) is 14.4. The van der Waals surface area contributed by atoms with Gasteiger partial charge >= 0.3 is 0 Å². The number of hydrogen-bond donors (Lipinski definition) is 2. The SMILES string of the molecule is O=C(CS(=O)(=O)O)NCCCCOCC1CO1. The minimum atomic E-state index is -4.23. The molecule has 0 aliphatic carbocycles. The summed E-state index contributed by atoms with van der Waals surface area (Å²) in [6.07, 6.45) is 1.73. The molecule has 1 aliphatic rings. The smallest absolute Gasteiger partial charge is 0.274 e. The third-order valence-corrected chi connectivity index (χ3v) is 2.68. The number of amides is 1. The zero-order chi connectivity index (χ0) is 12.7. The van der Waals surface area contributed by atoms with Crippen LogP contribution in [-0.2, 0) is 24.4 Å². The summed E-state index contributed by atoms with van der Waals surface area (Å²) in [5.41, 5.74) is 0. The van der Waals surface area contributed by atoms with E-state index in [0.29, 0.717) is 26.2 Å². The summed E-state index contributed by atoms with van der Waals surface area (Å²) < 4.78 is 39.3. The van der Waals surface area contributed by atoms with Crippen molar-refractivity contribution in [1.29, 1.82) is 0 Å². The van der Waals surface area contributed by atoms with Gasteiger partial charge in [0.25, 0.3) is 10.1 Å². The normalized spacial score (nSPS) is 19.0. The van der Waals surface area contributed by atoms with Gasteiger partial charge in [0, 0.05) is 13.2 Å². The van der Waals surface area contributed by atoms with Crippen molar-refractivity contribution in [3.05, 3.63) is 0 Å². The molecule has 0 saturated carbocycles. The topological polar surface area (TPSA) is 105 Å². The van der Waals surface area contributed by atoms with E-state index in [9.17, 15) is 13.2 Å². The molecular weight excluding hydrogens is 250 g/mol. The number of rotatable bonds is 9. The minimum absolute atomic E-state index is 0.254. The molecule has 1 fully saturated rings. The summed E-state index contributed by atoms with van der Waals surface area (Å²) >= 11 is 0. The predicted octanol–water partition coefficient (Wildman–Crippen LogP) is -0.814. The van der Waals surface area contributed by atoms with E-state index in [-0.39, 0.29) is 6.10 Å². The van der Waals surface area contributed by atoms with Crippen LogP contribution in [0.1, 0.15) is 12.8 Å². The molecule has 7 nitrogen and oxygen atoms in total. The quantitative estimate of drug-likeness (QED) is 0.321. The molecule has 2 N–H and O–H groups in total. The molecule has 1 heterocycles. The number of nitrogens with one attached hydrogen (secondary N) is 1. The van der Waals surface area contributed by atoms with Crippen molar-refractivity contribution in [3.63, 3.8) is 0 Å². The number of carbonyl (C=O) groups is 1. The maximum atomic E-state index is 10.9. The molecule has 1 aliphatic heterocycles. The van der Waals surface area contributed by atoms with Crippen molar-refractivity contribution in [1.82, 2.24) is 5.32 Å². The van der Waals surface area contributed by atoms with Crippen molar-refractivity contribution in [3.8, 4) is 0 Å². The molecule has 1 saturated heterocycles. The number of hydrogen-bond acceptors (Lipinski definition) is 5. The van der Waals surface area contributed by atoms with Gasteiger partial charge in [-0.05, 0) is 12.8 Å². The maximum absolute atomic E-state index is 10.9. The van der Waals surface area contributed by atoms with E-state index in [0.717, 1.165) is 13.0 Å². The van der Waals surface area contributed by atoms with E-state index in [1.165, 1.54) is 0 Å². The Kier molecular flexibility index (Phi) is 5.83. The fraction of sp³-hybridized carbons (Fsp3) is 0.889. The third kappa shape index (κ3) is 9.04. The summed E-state index contributed by atoms with van der Waals surface area (Å²) in [5, 5.41) is 2.39. The van der Waals surface area contributed by atoms with Crippen LogP contribution in [0.2, 0.25) is 0 Å². The van der Waals surface area contributed by atoms with Gasteiger partial charge in [-0.2, -0.15) is 8.42 Å². The molecule has 0 bridgehead atoms. The molecular formula is C9H17NO6S. The second-order valence-corrected chi connectivity index (χ2v) is 5.27. The third-order valence-electron chi connectivity index (χ3n) is 2.06. The van der Waals surface area contributed by atoms with Gasteiger partial charge in [0.2, 0.25) is 5.91 Å². The molecule has 0 aromatic heterocycles. The van der Waals surface area contributed by atoms with Crippen LogP contribution in [0.25, 0.3) is 0 Å². The van der Waals surface area contributed by atoms with Crippen LogP contribution in [0, 0.1) is 0 Å². The van der Waals surface area contributed by atoms with E-state index in [1.807, 2.05) is 0 Å². The van der Waals surface area contributed by atoms with Gasteiger partial charge in [-0.1, -0.05) is 0 Å². The van der Waals surface area contributed by atoms with Gasteiger partial charge in [0.05, 0.1) is 13.2 Å². The highest BCUT2D eigenvalue weighted by Gasteiger charge is 2.21. The molecule has 8 heteroatoms. The van der Waals surface area contributed by atoms with Crippen LogP contribution in [0.4, 0.5) is 0 Å². The van der Waals surface area contributed by atoms with Crippen LogP contribution in [0.15, 0.2) is 0 Å². The summed E-state index contributed by atoms with van der Waals surface area (Å²) in [6, 6.07) is 0. The Morgan fingerprint density at radius 3 is 2.76 bits per heavy atom. The average Bonchev–Trinajstić information content (AvgIpc) is 2.97. The van der Waals surface area contributed by atoms with Crippen LogP contribution in [-0.4, -0.2) is 57.1 Å². The lowest BCUT2D eigenvalue weighted by Crippen LogP contribution is -2.30. The second kappa shape index (κ2) is 6.90. The summed E-state index contributed by atoms with van der Waals surface area (Å²) in [5.74, 6) is -1.58. The lowest BCUT2D eigenvalue weighted by molar-refractivity contribution is -0.118. The van der Waals surface area contributed by atoms with Gasteiger partial charge in [-0.15, -0.1) is 0 Å². The largest absolute Gasteiger partial charge is 0.379 e. The molecule has 1 atom stereocenters. The van der Waals surface area contributed by atoms with Crippen LogP contribution in [0.3, 0.4) is 0 Å². The van der Waals surface area contributed by atoms with Crippen molar-refractivity contribution in [2.45, 2.75) is 18.9 Å². The van der Waals surface area contributed by atoms with E-state index < -0.39 is 21.8 Å². The molecule has 1 unspecified atom stereocenters. The summed E-state index contributed by atoms with van der Waals surface area (Å²) in [4.78, 5) is 10.9. The molecule has 0 aromatic rings. The first-order valence-electron chi connectivity index (χ1n) is 5.38. The van der Waals surface area contributed by atoms with Gasteiger partial charge in [0.15, 0.2) is 5.75 Å². The molecule has 0 radical (unpaired) electrons. The Labute approximate surface area is 100 Å². The van der Waals surface area contributed by atoms with E-state index in [1.54, 1.807) is 0 Å². The summed E-state index contributed by atoms with van der Waals surface area (Å²) in [6.45, 7) is 2.34. The zero-order valence-electron chi connectivity index (χ0n) is 9.42. The summed E-state index contributed by atoms with van der Waals surface area (Å²) in [7, 11) is -4.23. The average molecular weight is 267 g/mol. The second-order valence-electron chi connectivity index (χ2n) is 3.81. The lowest BCUT2D eigenvalue weighted by atomic mass is 10.3. The van der Waals surface area contributed by atoms with E-state index in [2.05, 4.69) is 5.32 Å². The van der Waals surface area contributed by atoms with Gasteiger partial charge in [-0.3, -0.25) is 9.35 Å². The number of epoxide rings is 1. The highest BCUT2D eigenvalue weighted by Crippen LogP contribution is 2.08. The molecule has 100 valence electrons. The molecule has 0 spiro atoms. The molecule has 1 amide bonds. The van der Waals surface area contributed by atoms with Crippen molar-refractivity contribution >= 4 is 16.0 Å². The van der Waals surface area contributed by atoms with Gasteiger partial charge in [-0.25, -0.2) is 0 Å². The number of unbranched alkanes of at least 4 members (excludes halogenated alkanes) is 1. The number of ether oxygens (including phenoxy) is 2. The van der Waals surface area contributed by atoms with Crippen LogP contribution >= 0.6 is 0 Å². The van der Waals surface area contributed by atoms with Gasteiger partial charge < -0.3 is 14.8 Å². The van der Waals surface area contributed by atoms with Crippen molar-refractivity contribution < 1.29 is 27.2 Å². The molecule has 17 heavy (non-hydrogen) atoms. The Bertz CT molecular complexity index is 337. The minimum Gasteiger partial charge on any atom is -0.379 e. The zero-order valence-corrected chi connectivity index (χ0v) is 10.2. The Morgan fingerprint density at radius 1 is 1.47 bits per heavy atom. The number of carbonyl (C=O) groups excluding carboxylic acids is 1. The molecule has 0 aromatic carbocycles. The van der Waals surface area contributed by atoms with Gasteiger partial charge in [0.1, 0.15) is 6.10 Å². The first-order valence-corrected chi connectivity index (χ1v) is 6.99. The van der Waals surface area contributed by atoms with Crippen molar-refractivity contribution in [2.75, 3.05) is 32.1 Å². The monoisotopic (exact) mass is 267 g/mol. The van der Waals surface area contributed by atoms with Crippen LogP contribution in [0.5, 0.6) is 0 Å².